The van der Waals surface area contributed by atoms with Crippen molar-refractivity contribution in [2.24, 2.45) is 0 Å². The van der Waals surface area contributed by atoms with Crippen molar-refractivity contribution in [2.75, 3.05) is 5.32 Å². The quantitative estimate of drug-likeness (QED) is 0.745. The number of anilines is 1. The predicted molar refractivity (Wildman–Crippen MR) is 75.2 cm³/mol. The first-order valence-corrected chi connectivity index (χ1v) is 6.01. The molecular weight excluding hydrogens is 252 g/mol. The van der Waals surface area contributed by atoms with Crippen LogP contribution in [0.1, 0.15) is 15.9 Å². The Kier molecular flexibility index (Phi) is 2.90. The second kappa shape index (κ2) is 4.86. The van der Waals surface area contributed by atoms with Crippen molar-refractivity contribution in [2.45, 2.75) is 0 Å². The van der Waals surface area contributed by atoms with E-state index in [1.54, 1.807) is 18.3 Å². The number of aromatic amines is 1. The maximum absolute atomic E-state index is 12.2. The van der Waals surface area contributed by atoms with Crippen LogP contribution in [0.4, 0.5) is 5.82 Å². The summed E-state index contributed by atoms with van der Waals surface area (Å²) in [7, 11) is 0. The number of nitriles is 1. The number of hydrogen-bond donors (Lipinski definition) is 2. The Bertz CT molecular complexity index is 812. The van der Waals surface area contributed by atoms with Gasteiger partial charge in [0.05, 0.1) is 11.1 Å². The summed E-state index contributed by atoms with van der Waals surface area (Å²) in [5, 5.41) is 12.3. The fraction of sp³-hybridized carbons (Fsp3) is 0. The van der Waals surface area contributed by atoms with Gasteiger partial charge >= 0.3 is 0 Å². The van der Waals surface area contributed by atoms with Gasteiger partial charge in [0, 0.05) is 23.3 Å². The predicted octanol–water partition coefficient (Wildman–Crippen LogP) is 2.69. The number of hydrogen-bond acceptors (Lipinski definition) is 3. The van der Waals surface area contributed by atoms with Crippen LogP contribution in [0.15, 0.2) is 48.8 Å². The molecule has 0 aliphatic heterocycles. The highest BCUT2D eigenvalue weighted by Gasteiger charge is 2.12. The molecule has 2 aromatic heterocycles. The number of amides is 1. The number of aromatic nitrogens is 2. The van der Waals surface area contributed by atoms with Crippen LogP contribution >= 0.6 is 0 Å². The molecule has 5 heteroatoms. The van der Waals surface area contributed by atoms with Crippen LogP contribution in [0.5, 0.6) is 0 Å². The largest absolute Gasteiger partial charge is 0.360 e. The normalized spacial score (nSPS) is 10.2. The average Bonchev–Trinajstić information content (AvgIpc) is 2.92. The Morgan fingerprint density at radius 3 is 2.85 bits per heavy atom. The Morgan fingerprint density at radius 1 is 1.25 bits per heavy atom. The van der Waals surface area contributed by atoms with Crippen LogP contribution in [-0.4, -0.2) is 15.9 Å². The molecule has 2 N–H and O–H groups in total. The topological polar surface area (TPSA) is 81.6 Å². The summed E-state index contributed by atoms with van der Waals surface area (Å²) in [5.41, 5.74) is 1.92. The van der Waals surface area contributed by atoms with Gasteiger partial charge in [-0.2, -0.15) is 5.26 Å². The third-order valence-corrected chi connectivity index (χ3v) is 2.97. The Morgan fingerprint density at radius 2 is 2.10 bits per heavy atom. The van der Waals surface area contributed by atoms with E-state index >= 15 is 0 Å². The van der Waals surface area contributed by atoms with Crippen LogP contribution in [0.3, 0.4) is 0 Å². The zero-order chi connectivity index (χ0) is 13.9. The van der Waals surface area contributed by atoms with Gasteiger partial charge in [-0.25, -0.2) is 4.98 Å². The monoisotopic (exact) mass is 262 g/mol. The van der Waals surface area contributed by atoms with Crippen LogP contribution in [-0.2, 0) is 0 Å². The molecule has 0 bridgehead atoms. The molecule has 0 spiro atoms. The van der Waals surface area contributed by atoms with Crippen molar-refractivity contribution in [3.63, 3.8) is 0 Å². The number of para-hydroxylation sites is 1. The lowest BCUT2D eigenvalue weighted by atomic mass is 10.1. The SMILES string of the molecule is N#Cc1ccc(NC(=O)c2c[nH]c3ccccc23)nc1. The molecule has 1 aromatic carbocycles. The van der Waals surface area contributed by atoms with Gasteiger partial charge in [-0.05, 0) is 18.2 Å². The molecule has 1 amide bonds. The summed E-state index contributed by atoms with van der Waals surface area (Å²) in [4.78, 5) is 19.3. The van der Waals surface area contributed by atoms with E-state index in [0.717, 1.165) is 10.9 Å². The Hall–Kier alpha value is -3.13. The van der Waals surface area contributed by atoms with E-state index in [1.165, 1.54) is 6.20 Å². The summed E-state index contributed by atoms with van der Waals surface area (Å²) in [6.07, 6.45) is 3.09. The molecule has 3 rings (SSSR count). The summed E-state index contributed by atoms with van der Waals surface area (Å²) in [5.74, 6) is 0.180. The first-order valence-electron chi connectivity index (χ1n) is 6.01. The number of H-pyrrole nitrogens is 1. The van der Waals surface area contributed by atoms with Crippen molar-refractivity contribution in [1.29, 1.82) is 5.26 Å². The highest BCUT2D eigenvalue weighted by atomic mass is 16.1. The molecule has 0 radical (unpaired) electrons. The molecule has 3 aromatic rings. The average molecular weight is 262 g/mol. The molecule has 0 unspecified atom stereocenters. The number of nitrogens with zero attached hydrogens (tertiary/aromatic N) is 2. The number of fused-ring (bicyclic) bond motifs is 1. The van der Waals surface area contributed by atoms with Gasteiger partial charge in [0.2, 0.25) is 0 Å². The van der Waals surface area contributed by atoms with Crippen LogP contribution in [0, 0.1) is 11.3 Å². The van der Waals surface area contributed by atoms with Crippen LogP contribution in [0.25, 0.3) is 10.9 Å². The van der Waals surface area contributed by atoms with E-state index in [2.05, 4.69) is 15.3 Å². The fourth-order valence-electron chi connectivity index (χ4n) is 1.98. The molecule has 0 atom stereocenters. The molecule has 2 heterocycles. The standard InChI is InChI=1S/C15H10N4O/c16-7-10-5-6-14(18-8-10)19-15(20)12-9-17-13-4-2-1-3-11(12)13/h1-6,8-9,17H,(H,18,19,20). The molecule has 5 nitrogen and oxygen atoms in total. The van der Waals surface area contributed by atoms with Crippen molar-refractivity contribution < 1.29 is 4.79 Å². The van der Waals surface area contributed by atoms with Gasteiger partial charge < -0.3 is 10.3 Å². The lowest BCUT2D eigenvalue weighted by molar-refractivity contribution is 0.102. The third-order valence-electron chi connectivity index (χ3n) is 2.97. The van der Waals surface area contributed by atoms with Crippen LogP contribution in [0.2, 0.25) is 0 Å². The second-order valence-corrected chi connectivity index (χ2v) is 4.25. The van der Waals surface area contributed by atoms with E-state index in [-0.39, 0.29) is 5.91 Å². The summed E-state index contributed by atoms with van der Waals surface area (Å²) < 4.78 is 0. The minimum atomic E-state index is -0.236. The molecule has 0 aliphatic rings. The van der Waals surface area contributed by atoms with Crippen LogP contribution < -0.4 is 5.32 Å². The maximum atomic E-state index is 12.2. The summed E-state index contributed by atoms with van der Waals surface area (Å²) >= 11 is 0. The van der Waals surface area contributed by atoms with Gasteiger partial charge in [0.25, 0.3) is 5.91 Å². The van der Waals surface area contributed by atoms with E-state index in [1.807, 2.05) is 30.3 Å². The van der Waals surface area contributed by atoms with E-state index in [4.69, 9.17) is 5.26 Å². The first-order chi connectivity index (χ1) is 9.78. The lowest BCUT2D eigenvalue weighted by Gasteiger charge is -2.03. The Balaban J connectivity index is 1.87. The summed E-state index contributed by atoms with van der Waals surface area (Å²) in [6.45, 7) is 0. The Labute approximate surface area is 114 Å². The molecule has 0 fully saturated rings. The highest BCUT2D eigenvalue weighted by Crippen LogP contribution is 2.18. The second-order valence-electron chi connectivity index (χ2n) is 4.25. The fourth-order valence-corrected chi connectivity index (χ4v) is 1.98. The number of carbonyl (C=O) groups excluding carboxylic acids is 1. The maximum Gasteiger partial charge on any atom is 0.258 e. The van der Waals surface area contributed by atoms with Crippen molar-refractivity contribution in [1.82, 2.24) is 9.97 Å². The van der Waals surface area contributed by atoms with E-state index in [0.29, 0.717) is 16.9 Å². The van der Waals surface area contributed by atoms with Gasteiger partial charge in [-0.3, -0.25) is 4.79 Å². The minimum absolute atomic E-state index is 0.236. The molecule has 0 saturated heterocycles. The zero-order valence-corrected chi connectivity index (χ0v) is 10.4. The first kappa shape index (κ1) is 11.9. The molecule has 0 saturated carbocycles. The number of nitrogens with one attached hydrogen (secondary N) is 2. The van der Waals surface area contributed by atoms with Crippen molar-refractivity contribution >= 4 is 22.6 Å². The van der Waals surface area contributed by atoms with Gasteiger partial charge in [-0.1, -0.05) is 18.2 Å². The number of pyridine rings is 1. The highest BCUT2D eigenvalue weighted by molar-refractivity contribution is 6.12. The molecule has 96 valence electrons. The van der Waals surface area contributed by atoms with Gasteiger partial charge in [0.15, 0.2) is 0 Å². The number of carbonyl (C=O) groups is 1. The number of rotatable bonds is 2. The van der Waals surface area contributed by atoms with E-state index in [9.17, 15) is 4.79 Å². The summed E-state index contributed by atoms with van der Waals surface area (Å²) in [6, 6.07) is 12.8. The molecule has 20 heavy (non-hydrogen) atoms. The molecule has 0 aliphatic carbocycles. The third kappa shape index (κ3) is 2.10. The number of benzene rings is 1. The van der Waals surface area contributed by atoms with E-state index < -0.39 is 0 Å². The minimum Gasteiger partial charge on any atom is -0.360 e. The molecular formula is C15H10N4O. The smallest absolute Gasteiger partial charge is 0.258 e. The van der Waals surface area contributed by atoms with Gasteiger partial charge in [-0.15, -0.1) is 0 Å². The van der Waals surface area contributed by atoms with Crippen molar-refractivity contribution in [3.05, 3.63) is 59.9 Å². The van der Waals surface area contributed by atoms with Crippen molar-refractivity contribution in [3.8, 4) is 6.07 Å². The zero-order valence-electron chi connectivity index (χ0n) is 10.4. The lowest BCUT2D eigenvalue weighted by Crippen LogP contribution is -2.12. The van der Waals surface area contributed by atoms with Gasteiger partial charge in [0.1, 0.15) is 11.9 Å².